The van der Waals surface area contributed by atoms with Crippen molar-refractivity contribution in [3.05, 3.63) is 0 Å². The molecule has 0 bridgehead atoms. The number of carbonyl (C=O) groups is 2. The summed E-state index contributed by atoms with van der Waals surface area (Å²) in [7, 11) is 0. The molecule has 0 aromatic carbocycles. The molecule has 2 aliphatic rings. The van der Waals surface area contributed by atoms with Crippen LogP contribution in [0.5, 0.6) is 0 Å². The van der Waals surface area contributed by atoms with Gasteiger partial charge in [0.15, 0.2) is 0 Å². The summed E-state index contributed by atoms with van der Waals surface area (Å²) in [6.45, 7) is 9.73. The topological polar surface area (TPSA) is 61.9 Å². The van der Waals surface area contributed by atoms with E-state index in [1.165, 1.54) is 11.8 Å². The summed E-state index contributed by atoms with van der Waals surface area (Å²) in [6, 6.07) is 0.344. The summed E-state index contributed by atoms with van der Waals surface area (Å²) in [6.07, 6.45) is 0.389. The van der Waals surface area contributed by atoms with Gasteiger partial charge in [0.1, 0.15) is 0 Å². The average molecular weight is 329 g/mol. The second kappa shape index (κ2) is 8.74. The van der Waals surface area contributed by atoms with E-state index in [9.17, 15) is 9.59 Å². The maximum Gasteiger partial charge on any atom is 0.281 e. The van der Waals surface area contributed by atoms with Crippen molar-refractivity contribution in [2.75, 3.05) is 51.7 Å². The van der Waals surface area contributed by atoms with Crippen LogP contribution in [0.1, 0.15) is 20.3 Å². The van der Waals surface area contributed by atoms with Crippen LogP contribution in [0.15, 0.2) is 0 Å². The van der Waals surface area contributed by atoms with Crippen LogP contribution in [0.2, 0.25) is 0 Å². The molecule has 0 saturated carbocycles. The standard InChI is InChI=1S/C15H27N3O3S/c1-12(2)13(17-5-8-21-9-6-17)11-16-14(19)3-4-18-7-10-22-15(18)20/h12-13H,3-11H2,1-2H3,(H,16,19)/t13-/m0/s1. The molecule has 0 aromatic rings. The van der Waals surface area contributed by atoms with Gasteiger partial charge in [-0.1, -0.05) is 25.6 Å². The summed E-state index contributed by atoms with van der Waals surface area (Å²) in [4.78, 5) is 27.7. The zero-order valence-electron chi connectivity index (χ0n) is 13.5. The van der Waals surface area contributed by atoms with Gasteiger partial charge in [0.25, 0.3) is 5.24 Å². The third-order valence-electron chi connectivity index (χ3n) is 4.25. The largest absolute Gasteiger partial charge is 0.379 e. The lowest BCUT2D eigenvalue weighted by Gasteiger charge is -2.37. The Labute approximate surface area is 136 Å². The number of hydrogen-bond donors (Lipinski definition) is 1. The smallest absolute Gasteiger partial charge is 0.281 e. The van der Waals surface area contributed by atoms with E-state index in [0.717, 1.165) is 38.6 Å². The Balaban J connectivity index is 1.71. The minimum atomic E-state index is 0.0311. The highest BCUT2D eigenvalue weighted by atomic mass is 32.2. The molecule has 2 saturated heterocycles. The molecule has 7 heteroatoms. The highest BCUT2D eigenvalue weighted by molar-refractivity contribution is 8.13. The molecule has 2 rings (SSSR count). The second-order valence-corrected chi connectivity index (χ2v) is 7.16. The Bertz CT molecular complexity index is 386. The van der Waals surface area contributed by atoms with Crippen LogP contribution in [-0.2, 0) is 9.53 Å². The van der Waals surface area contributed by atoms with Crippen molar-refractivity contribution >= 4 is 22.9 Å². The van der Waals surface area contributed by atoms with Crippen LogP contribution in [0.4, 0.5) is 4.79 Å². The van der Waals surface area contributed by atoms with E-state index in [2.05, 4.69) is 24.1 Å². The summed E-state index contributed by atoms with van der Waals surface area (Å²) < 4.78 is 5.39. The van der Waals surface area contributed by atoms with Crippen molar-refractivity contribution in [3.63, 3.8) is 0 Å². The number of amides is 2. The highest BCUT2D eigenvalue weighted by Gasteiger charge is 2.25. The molecule has 0 unspecified atom stereocenters. The SMILES string of the molecule is CC(C)[C@H](CNC(=O)CCN1CCSC1=O)N1CCOCC1. The molecule has 2 amide bonds. The molecular weight excluding hydrogens is 302 g/mol. The molecule has 0 spiro atoms. The Morgan fingerprint density at radius 3 is 2.64 bits per heavy atom. The first-order valence-corrected chi connectivity index (χ1v) is 9.06. The van der Waals surface area contributed by atoms with Crippen molar-refractivity contribution in [2.24, 2.45) is 5.92 Å². The summed E-state index contributed by atoms with van der Waals surface area (Å²) in [5.41, 5.74) is 0. The quantitative estimate of drug-likeness (QED) is 0.755. The number of nitrogens with one attached hydrogen (secondary N) is 1. The minimum Gasteiger partial charge on any atom is -0.379 e. The van der Waals surface area contributed by atoms with Gasteiger partial charge < -0.3 is 15.0 Å². The third kappa shape index (κ3) is 5.14. The molecule has 1 atom stereocenters. The van der Waals surface area contributed by atoms with Gasteiger partial charge in [-0.3, -0.25) is 14.5 Å². The van der Waals surface area contributed by atoms with Gasteiger partial charge in [0.2, 0.25) is 5.91 Å². The van der Waals surface area contributed by atoms with Crippen LogP contribution in [0, 0.1) is 5.92 Å². The number of rotatable bonds is 7. The van der Waals surface area contributed by atoms with Gasteiger partial charge >= 0.3 is 0 Å². The van der Waals surface area contributed by atoms with Crippen molar-refractivity contribution in [3.8, 4) is 0 Å². The average Bonchev–Trinajstić information content (AvgIpc) is 2.91. The van der Waals surface area contributed by atoms with Crippen molar-refractivity contribution in [2.45, 2.75) is 26.3 Å². The molecule has 0 radical (unpaired) electrons. The Morgan fingerprint density at radius 1 is 1.32 bits per heavy atom. The zero-order chi connectivity index (χ0) is 15.9. The molecule has 2 heterocycles. The van der Waals surface area contributed by atoms with Crippen LogP contribution >= 0.6 is 11.8 Å². The molecule has 0 aromatic heterocycles. The monoisotopic (exact) mass is 329 g/mol. The Hall–Kier alpha value is -0.790. The maximum absolute atomic E-state index is 12.0. The molecule has 2 aliphatic heterocycles. The first-order valence-electron chi connectivity index (χ1n) is 8.08. The van der Waals surface area contributed by atoms with Gasteiger partial charge in [-0.2, -0.15) is 0 Å². The van der Waals surface area contributed by atoms with Crippen molar-refractivity contribution in [1.82, 2.24) is 15.1 Å². The third-order valence-corrected chi connectivity index (χ3v) is 5.14. The molecule has 126 valence electrons. The fraction of sp³-hybridized carbons (Fsp3) is 0.867. The van der Waals surface area contributed by atoms with E-state index < -0.39 is 0 Å². The molecule has 1 N–H and O–H groups in total. The van der Waals surface area contributed by atoms with Gasteiger partial charge in [-0.25, -0.2) is 0 Å². The van der Waals surface area contributed by atoms with E-state index in [-0.39, 0.29) is 11.1 Å². The molecule has 0 aliphatic carbocycles. The Morgan fingerprint density at radius 2 is 2.05 bits per heavy atom. The first-order chi connectivity index (χ1) is 10.6. The van der Waals surface area contributed by atoms with E-state index >= 15 is 0 Å². The van der Waals surface area contributed by atoms with Crippen molar-refractivity contribution in [1.29, 1.82) is 0 Å². The molecular formula is C15H27N3O3S. The highest BCUT2D eigenvalue weighted by Crippen LogP contribution is 2.17. The summed E-state index contributed by atoms with van der Waals surface area (Å²) >= 11 is 1.33. The van der Waals surface area contributed by atoms with Crippen LogP contribution in [-0.4, -0.2) is 78.7 Å². The van der Waals surface area contributed by atoms with Crippen LogP contribution in [0.3, 0.4) is 0 Å². The molecule has 2 fully saturated rings. The van der Waals surface area contributed by atoms with Crippen molar-refractivity contribution < 1.29 is 14.3 Å². The van der Waals surface area contributed by atoms with E-state index in [0.29, 0.717) is 31.5 Å². The van der Waals surface area contributed by atoms with Gasteiger partial charge in [-0.05, 0) is 5.92 Å². The van der Waals surface area contributed by atoms with Gasteiger partial charge in [0.05, 0.1) is 13.2 Å². The first kappa shape index (κ1) is 17.6. The number of nitrogens with zero attached hydrogens (tertiary/aromatic N) is 2. The minimum absolute atomic E-state index is 0.0311. The van der Waals surface area contributed by atoms with Gasteiger partial charge in [-0.15, -0.1) is 0 Å². The maximum atomic E-state index is 12.0. The fourth-order valence-corrected chi connectivity index (χ4v) is 3.72. The number of morpholine rings is 1. The zero-order valence-corrected chi connectivity index (χ0v) is 14.4. The predicted molar refractivity (Wildman–Crippen MR) is 88.1 cm³/mol. The number of carbonyl (C=O) groups excluding carboxylic acids is 2. The molecule has 22 heavy (non-hydrogen) atoms. The second-order valence-electron chi connectivity index (χ2n) is 6.12. The van der Waals surface area contributed by atoms with Gasteiger partial charge in [0, 0.05) is 50.9 Å². The number of ether oxygens (including phenoxy) is 1. The normalized spacial score (nSPS) is 21.4. The number of hydrogen-bond acceptors (Lipinski definition) is 5. The van der Waals surface area contributed by atoms with E-state index in [1.807, 2.05) is 0 Å². The van der Waals surface area contributed by atoms with Crippen LogP contribution < -0.4 is 5.32 Å². The fourth-order valence-electron chi connectivity index (χ4n) is 2.87. The van der Waals surface area contributed by atoms with Crippen LogP contribution in [0.25, 0.3) is 0 Å². The molecule has 6 nitrogen and oxygen atoms in total. The van der Waals surface area contributed by atoms with E-state index in [1.54, 1.807) is 4.90 Å². The summed E-state index contributed by atoms with van der Waals surface area (Å²) in [5.74, 6) is 1.35. The predicted octanol–water partition coefficient (Wildman–Crippen LogP) is 1.02. The van der Waals surface area contributed by atoms with E-state index in [4.69, 9.17) is 4.74 Å². The number of thioether (sulfide) groups is 1. The summed E-state index contributed by atoms with van der Waals surface area (Å²) in [5, 5.41) is 3.13. The lowest BCUT2D eigenvalue weighted by molar-refractivity contribution is -0.121. The Kier molecular flexibility index (Phi) is 6.98. The lowest BCUT2D eigenvalue weighted by atomic mass is 10.0. The lowest BCUT2D eigenvalue weighted by Crippen LogP contribution is -2.51.